The number of fused-ring (bicyclic) bond motifs is 2. The highest BCUT2D eigenvalue weighted by atomic mass is 35.5. The van der Waals surface area contributed by atoms with E-state index < -0.39 is 62.9 Å². The third-order valence-electron chi connectivity index (χ3n) is 5.63. The van der Waals surface area contributed by atoms with E-state index in [0.717, 1.165) is 6.07 Å². The van der Waals surface area contributed by atoms with Crippen LogP contribution >= 0.6 is 11.6 Å². The second-order valence-electron chi connectivity index (χ2n) is 7.69. The molecule has 0 aromatic heterocycles. The highest BCUT2D eigenvalue weighted by Gasteiger charge is 2.51. The molecule has 2 bridgehead atoms. The van der Waals surface area contributed by atoms with Gasteiger partial charge in [-0.1, -0.05) is 11.6 Å². The number of rotatable bonds is 4. The fourth-order valence-corrected chi connectivity index (χ4v) is 6.27. The minimum Gasteiger partial charge on any atom is -0.388 e. The molecule has 0 aliphatic carbocycles. The van der Waals surface area contributed by atoms with E-state index in [2.05, 4.69) is 5.32 Å². The van der Waals surface area contributed by atoms with E-state index in [0.29, 0.717) is 12.1 Å². The van der Waals surface area contributed by atoms with Crippen LogP contribution < -0.4 is 5.32 Å². The highest BCUT2D eigenvalue weighted by molar-refractivity contribution is 7.92. The van der Waals surface area contributed by atoms with Crippen LogP contribution in [0.25, 0.3) is 0 Å². The average molecular weight is 492 g/mol. The van der Waals surface area contributed by atoms with Gasteiger partial charge in [0.1, 0.15) is 12.2 Å². The predicted octanol–water partition coefficient (Wildman–Crippen LogP) is 2.43. The van der Waals surface area contributed by atoms with Crippen LogP contribution in [0, 0.1) is 17.5 Å². The first-order valence-corrected chi connectivity index (χ1v) is 11.4. The normalized spacial score (nSPS) is 27.4. The van der Waals surface area contributed by atoms with Crippen LogP contribution in [0.15, 0.2) is 35.2 Å². The van der Waals surface area contributed by atoms with Crippen molar-refractivity contribution in [3.05, 3.63) is 58.4 Å². The van der Waals surface area contributed by atoms with Crippen LogP contribution in [0.1, 0.15) is 23.2 Å². The van der Waals surface area contributed by atoms with Gasteiger partial charge in [0.2, 0.25) is 0 Å². The molecule has 2 heterocycles. The maximum atomic E-state index is 13.4. The number of ether oxygens (including phenoxy) is 1. The van der Waals surface area contributed by atoms with Gasteiger partial charge in [0.15, 0.2) is 27.3 Å². The number of benzene rings is 2. The van der Waals surface area contributed by atoms with Gasteiger partial charge in [0.25, 0.3) is 5.91 Å². The van der Waals surface area contributed by atoms with Crippen LogP contribution in [0.5, 0.6) is 0 Å². The summed E-state index contributed by atoms with van der Waals surface area (Å²) in [7, 11) is -4.10. The zero-order chi connectivity index (χ0) is 23.4. The topological polar surface area (TPSA) is 113 Å². The largest absolute Gasteiger partial charge is 0.388 e. The minimum absolute atomic E-state index is 0.0715. The molecule has 3 N–H and O–H groups in total. The maximum absolute atomic E-state index is 13.4. The van der Waals surface area contributed by atoms with Crippen molar-refractivity contribution in [2.75, 3.05) is 5.32 Å². The van der Waals surface area contributed by atoms with Gasteiger partial charge >= 0.3 is 0 Å². The summed E-state index contributed by atoms with van der Waals surface area (Å²) < 4.78 is 71.7. The number of carbonyl (C=O) groups excluding carboxylic acids is 1. The van der Waals surface area contributed by atoms with Crippen molar-refractivity contribution >= 4 is 33.0 Å². The van der Waals surface area contributed by atoms with Gasteiger partial charge in [0, 0.05) is 23.4 Å². The molecule has 7 nitrogen and oxygen atoms in total. The molecule has 172 valence electrons. The second-order valence-corrected chi connectivity index (χ2v) is 10.3. The summed E-state index contributed by atoms with van der Waals surface area (Å²) in [5.41, 5.74) is -0.539. The maximum Gasteiger partial charge on any atom is 0.255 e. The Morgan fingerprint density at radius 1 is 1.03 bits per heavy atom. The number of hydrogen-bond acceptors (Lipinski definition) is 6. The molecule has 12 heteroatoms. The minimum atomic E-state index is -4.10. The lowest BCUT2D eigenvalue weighted by Gasteiger charge is -2.28. The standard InChI is InChI=1S/C20H17ClF3NO6S/c21-11-2-1-8(20(28)25-9-4-12(22)17(24)13(23)5-9)3-16(11)32(29,30)10-6-14-18(26)19(27)15(7-10)31-14/h1-5,10,14-15,18-19,26-27H,6-7H2,(H,25,28)/t10?,14-,15+,18-,19+. The summed E-state index contributed by atoms with van der Waals surface area (Å²) in [6.07, 6.45) is -4.25. The molecule has 0 spiro atoms. The van der Waals surface area contributed by atoms with Crippen LogP contribution in [-0.4, -0.2) is 54.2 Å². The molecular formula is C20H17ClF3NO6S. The predicted molar refractivity (Wildman–Crippen MR) is 107 cm³/mol. The molecule has 2 aliphatic heterocycles. The molecule has 2 aromatic rings. The zero-order valence-electron chi connectivity index (χ0n) is 16.1. The summed E-state index contributed by atoms with van der Waals surface area (Å²) in [5.74, 6) is -5.60. The molecule has 2 aromatic carbocycles. The smallest absolute Gasteiger partial charge is 0.255 e. The molecule has 0 saturated carbocycles. The molecule has 32 heavy (non-hydrogen) atoms. The quantitative estimate of drug-likeness (QED) is 0.566. The lowest BCUT2D eigenvalue weighted by Crippen LogP contribution is -2.36. The summed E-state index contributed by atoms with van der Waals surface area (Å²) in [6.45, 7) is 0. The first-order valence-electron chi connectivity index (χ1n) is 9.50. The van der Waals surface area contributed by atoms with Crippen molar-refractivity contribution in [2.24, 2.45) is 0 Å². The van der Waals surface area contributed by atoms with Crippen molar-refractivity contribution in [3.63, 3.8) is 0 Å². The Kier molecular flexibility index (Phi) is 5.97. The summed E-state index contributed by atoms with van der Waals surface area (Å²) in [5, 5.41) is 20.9. The molecule has 1 unspecified atom stereocenters. The van der Waals surface area contributed by atoms with Gasteiger partial charge in [0.05, 0.1) is 27.4 Å². The third-order valence-corrected chi connectivity index (χ3v) is 8.29. The van der Waals surface area contributed by atoms with Crippen LogP contribution in [-0.2, 0) is 14.6 Å². The first-order chi connectivity index (χ1) is 15.0. The van der Waals surface area contributed by atoms with Crippen molar-refractivity contribution in [3.8, 4) is 0 Å². The number of hydrogen-bond donors (Lipinski definition) is 3. The molecule has 4 rings (SSSR count). The summed E-state index contributed by atoms with van der Waals surface area (Å²) in [6, 6.07) is 4.59. The SMILES string of the molecule is O=C(Nc1cc(F)c(F)c(F)c1)c1ccc(Cl)c(S(=O)(=O)C2C[C@@H]3O[C@H](C2)[C@@H](O)[C@H]3O)c1. The van der Waals surface area contributed by atoms with Crippen LogP contribution in [0.4, 0.5) is 18.9 Å². The second kappa shape index (κ2) is 8.31. The molecule has 0 radical (unpaired) electrons. The van der Waals surface area contributed by atoms with Gasteiger partial charge < -0.3 is 20.3 Å². The highest BCUT2D eigenvalue weighted by Crippen LogP contribution is 2.39. The average Bonchev–Trinajstić information content (AvgIpc) is 2.94. The molecule has 2 aliphatic rings. The zero-order valence-corrected chi connectivity index (χ0v) is 17.7. The number of amides is 1. The molecular weight excluding hydrogens is 475 g/mol. The monoisotopic (exact) mass is 491 g/mol. The summed E-state index contributed by atoms with van der Waals surface area (Å²) in [4.78, 5) is 12.2. The Hall–Kier alpha value is -2.18. The molecule has 1 amide bonds. The fourth-order valence-electron chi connectivity index (χ4n) is 3.96. The van der Waals surface area contributed by atoms with Gasteiger partial charge in [-0.15, -0.1) is 0 Å². The van der Waals surface area contributed by atoms with Crippen LogP contribution in [0.3, 0.4) is 0 Å². The van der Waals surface area contributed by atoms with E-state index in [9.17, 15) is 36.6 Å². The number of sulfone groups is 1. The molecule has 2 fully saturated rings. The Bertz CT molecular complexity index is 1150. The lowest BCUT2D eigenvalue weighted by molar-refractivity contribution is -0.0254. The first kappa shape index (κ1) is 23.0. The van der Waals surface area contributed by atoms with Gasteiger partial charge in [-0.3, -0.25) is 4.79 Å². The number of carbonyl (C=O) groups is 1. The third kappa shape index (κ3) is 3.99. The summed E-state index contributed by atoms with van der Waals surface area (Å²) >= 11 is 6.09. The van der Waals surface area contributed by atoms with Crippen molar-refractivity contribution in [1.82, 2.24) is 0 Å². The van der Waals surface area contributed by atoms with E-state index in [4.69, 9.17) is 16.3 Å². The van der Waals surface area contributed by atoms with Gasteiger partial charge in [-0.2, -0.15) is 0 Å². The Morgan fingerprint density at radius 3 is 2.16 bits per heavy atom. The number of anilines is 1. The van der Waals surface area contributed by atoms with E-state index in [1.54, 1.807) is 0 Å². The van der Waals surface area contributed by atoms with Gasteiger partial charge in [-0.05, 0) is 31.0 Å². The van der Waals surface area contributed by atoms with E-state index in [1.165, 1.54) is 12.1 Å². The lowest BCUT2D eigenvalue weighted by atomic mass is 10.1. The van der Waals surface area contributed by atoms with Crippen molar-refractivity contribution in [2.45, 2.75) is 47.4 Å². The molecule has 5 atom stereocenters. The fraction of sp³-hybridized carbons (Fsp3) is 0.350. The van der Waals surface area contributed by atoms with E-state index in [1.807, 2.05) is 0 Å². The van der Waals surface area contributed by atoms with Gasteiger partial charge in [-0.25, -0.2) is 21.6 Å². The number of aliphatic hydroxyl groups is 2. The molecule has 2 saturated heterocycles. The van der Waals surface area contributed by atoms with Crippen molar-refractivity contribution < 1.29 is 41.3 Å². The van der Waals surface area contributed by atoms with E-state index >= 15 is 0 Å². The van der Waals surface area contributed by atoms with Crippen molar-refractivity contribution in [1.29, 1.82) is 0 Å². The Labute approximate surface area is 185 Å². The van der Waals surface area contributed by atoms with E-state index in [-0.39, 0.29) is 34.0 Å². The number of nitrogens with one attached hydrogen (secondary N) is 1. The Balaban J connectivity index is 1.61. The van der Waals surface area contributed by atoms with Crippen LogP contribution in [0.2, 0.25) is 5.02 Å². The number of aliphatic hydroxyl groups excluding tert-OH is 2. The number of halogens is 4. The Morgan fingerprint density at radius 2 is 1.59 bits per heavy atom.